The molecule has 1 aromatic rings. The van der Waals surface area contributed by atoms with Gasteiger partial charge in [0.2, 0.25) is 0 Å². The lowest BCUT2D eigenvalue weighted by molar-refractivity contribution is -0.179. The van der Waals surface area contributed by atoms with Gasteiger partial charge in [-0.05, 0) is 32.1 Å². The number of aryl methyl sites for hydroxylation is 1. The molecule has 0 spiro atoms. The fourth-order valence-corrected chi connectivity index (χ4v) is 4.13. The summed E-state index contributed by atoms with van der Waals surface area (Å²) in [5.41, 5.74) is -4.14. The maximum Gasteiger partial charge on any atom is 0.330 e. The largest absolute Gasteiger partial charge is 0.387 e. The number of hydrogen-bond donors (Lipinski definition) is 3. The molecule has 7 nitrogen and oxygen atoms in total. The molecule has 120 valence electrons. The highest BCUT2D eigenvalue weighted by molar-refractivity contribution is 5.22. The summed E-state index contributed by atoms with van der Waals surface area (Å²) in [6.07, 6.45) is -1.76. The zero-order valence-corrected chi connectivity index (χ0v) is 12.0. The SMILES string of the molecule is Cc1cn([C@@H]2O[C@@H]3[C@@]4(O)CC[C@H]4C[C@]3(O)[C@@H]2F)c(=O)[nH]c1=O. The summed E-state index contributed by atoms with van der Waals surface area (Å²) in [5, 5.41) is 21.2. The van der Waals surface area contributed by atoms with Crippen LogP contribution in [0.5, 0.6) is 0 Å². The molecule has 0 bridgehead atoms. The third kappa shape index (κ3) is 1.50. The molecular weight excluding hydrogens is 295 g/mol. The van der Waals surface area contributed by atoms with Gasteiger partial charge >= 0.3 is 5.69 Å². The van der Waals surface area contributed by atoms with E-state index in [1.807, 2.05) is 0 Å². The summed E-state index contributed by atoms with van der Waals surface area (Å²) in [4.78, 5) is 25.4. The van der Waals surface area contributed by atoms with E-state index in [0.29, 0.717) is 6.42 Å². The smallest absolute Gasteiger partial charge is 0.330 e. The molecule has 22 heavy (non-hydrogen) atoms. The van der Waals surface area contributed by atoms with Crippen LogP contribution in [0, 0.1) is 12.8 Å². The van der Waals surface area contributed by atoms with Crippen molar-refractivity contribution in [2.45, 2.75) is 55.9 Å². The van der Waals surface area contributed by atoms with Crippen LogP contribution >= 0.6 is 0 Å². The van der Waals surface area contributed by atoms with Crippen LogP contribution in [0.25, 0.3) is 0 Å². The number of rotatable bonds is 1. The van der Waals surface area contributed by atoms with Crippen molar-refractivity contribution < 1.29 is 19.3 Å². The summed E-state index contributed by atoms with van der Waals surface area (Å²) >= 11 is 0. The molecule has 0 aromatic carbocycles. The molecule has 6 atom stereocenters. The van der Waals surface area contributed by atoms with E-state index in [-0.39, 0.29) is 17.9 Å². The van der Waals surface area contributed by atoms with Gasteiger partial charge in [-0.3, -0.25) is 14.3 Å². The van der Waals surface area contributed by atoms with Crippen LogP contribution in [-0.2, 0) is 4.74 Å². The summed E-state index contributed by atoms with van der Waals surface area (Å²) in [5.74, 6) is -0.171. The van der Waals surface area contributed by atoms with Crippen molar-refractivity contribution in [3.05, 3.63) is 32.6 Å². The predicted octanol–water partition coefficient (Wildman–Crippen LogP) is -0.644. The molecule has 3 N–H and O–H groups in total. The number of alkyl halides is 1. The Hall–Kier alpha value is -1.51. The second kappa shape index (κ2) is 4.06. The van der Waals surface area contributed by atoms with E-state index >= 15 is 0 Å². The number of aliphatic hydroxyl groups is 2. The molecule has 3 aliphatic rings. The van der Waals surface area contributed by atoms with Crippen LogP contribution in [-0.4, -0.2) is 43.2 Å². The van der Waals surface area contributed by atoms with Crippen molar-refractivity contribution in [2.75, 3.05) is 0 Å². The molecule has 4 rings (SSSR count). The van der Waals surface area contributed by atoms with Gasteiger partial charge in [0.1, 0.15) is 11.7 Å². The van der Waals surface area contributed by atoms with E-state index in [1.54, 1.807) is 0 Å². The fraction of sp³-hybridized carbons (Fsp3) is 0.714. The standard InChI is InChI=1S/C14H17FN2O5/c1-6-5-17(12(19)16-9(6)18)10-8(15)14(21)4-7-2-3-13(7,20)11(14)22-10/h5,7-8,10-11,20-21H,2-4H2,1H3,(H,16,18,19)/t7-,8+,10+,11+,13+,14-/m0/s1. The molecule has 2 saturated carbocycles. The number of fused-ring (bicyclic) bond motifs is 3. The predicted molar refractivity (Wildman–Crippen MR) is 72.1 cm³/mol. The molecule has 1 aliphatic heterocycles. The highest BCUT2D eigenvalue weighted by Gasteiger charge is 2.74. The Labute approximate surface area is 124 Å². The zero-order valence-electron chi connectivity index (χ0n) is 12.0. The molecule has 1 saturated heterocycles. The van der Waals surface area contributed by atoms with Crippen molar-refractivity contribution in [2.24, 2.45) is 5.92 Å². The molecule has 0 amide bonds. The Morgan fingerprint density at radius 1 is 1.41 bits per heavy atom. The van der Waals surface area contributed by atoms with Crippen LogP contribution < -0.4 is 11.2 Å². The number of aromatic amines is 1. The Bertz CT molecular complexity index is 760. The van der Waals surface area contributed by atoms with Crippen LogP contribution in [0.15, 0.2) is 15.8 Å². The molecule has 2 aliphatic carbocycles. The maximum absolute atomic E-state index is 14.8. The van der Waals surface area contributed by atoms with Crippen molar-refractivity contribution in [1.82, 2.24) is 9.55 Å². The second-order valence-corrected chi connectivity index (χ2v) is 6.71. The van der Waals surface area contributed by atoms with Gasteiger partial charge < -0.3 is 14.9 Å². The van der Waals surface area contributed by atoms with Crippen LogP contribution in [0.4, 0.5) is 4.39 Å². The van der Waals surface area contributed by atoms with Gasteiger partial charge in [0, 0.05) is 11.8 Å². The minimum absolute atomic E-state index is 0.114. The van der Waals surface area contributed by atoms with Crippen molar-refractivity contribution >= 4 is 0 Å². The van der Waals surface area contributed by atoms with Gasteiger partial charge in [0.05, 0.1) is 5.60 Å². The fourth-order valence-electron chi connectivity index (χ4n) is 4.13. The minimum atomic E-state index is -1.85. The summed E-state index contributed by atoms with van der Waals surface area (Å²) in [6, 6.07) is 0. The summed E-state index contributed by atoms with van der Waals surface area (Å²) < 4.78 is 21.3. The second-order valence-electron chi connectivity index (χ2n) is 6.71. The third-order valence-electron chi connectivity index (χ3n) is 5.51. The lowest BCUT2D eigenvalue weighted by Crippen LogP contribution is -2.54. The minimum Gasteiger partial charge on any atom is -0.387 e. The highest BCUT2D eigenvalue weighted by atomic mass is 19.1. The average molecular weight is 312 g/mol. The molecular formula is C14H17FN2O5. The topological polar surface area (TPSA) is 105 Å². The van der Waals surface area contributed by atoms with Crippen LogP contribution in [0.2, 0.25) is 0 Å². The molecule has 1 aromatic heterocycles. The molecule has 3 fully saturated rings. The van der Waals surface area contributed by atoms with Crippen LogP contribution in [0.1, 0.15) is 31.1 Å². The third-order valence-corrected chi connectivity index (χ3v) is 5.51. The number of nitrogens with zero attached hydrogens (tertiary/aromatic N) is 1. The molecule has 0 radical (unpaired) electrons. The number of nitrogens with one attached hydrogen (secondary N) is 1. The van der Waals surface area contributed by atoms with E-state index in [2.05, 4.69) is 4.98 Å². The Morgan fingerprint density at radius 3 is 2.77 bits per heavy atom. The molecule has 2 heterocycles. The Kier molecular flexibility index (Phi) is 2.61. The van der Waals surface area contributed by atoms with E-state index in [1.165, 1.54) is 13.1 Å². The summed E-state index contributed by atoms with van der Waals surface area (Å²) in [6.45, 7) is 1.49. The van der Waals surface area contributed by atoms with Crippen molar-refractivity contribution in [1.29, 1.82) is 0 Å². The van der Waals surface area contributed by atoms with Gasteiger partial charge in [0.25, 0.3) is 5.56 Å². The first-order valence-electron chi connectivity index (χ1n) is 7.34. The quantitative estimate of drug-likeness (QED) is 0.639. The maximum atomic E-state index is 14.8. The van der Waals surface area contributed by atoms with E-state index < -0.39 is 41.0 Å². The normalized spacial score (nSPS) is 46.2. The Morgan fingerprint density at radius 2 is 2.14 bits per heavy atom. The van der Waals surface area contributed by atoms with Gasteiger partial charge in [-0.15, -0.1) is 0 Å². The first-order valence-corrected chi connectivity index (χ1v) is 7.34. The number of halogens is 1. The molecule has 8 heteroatoms. The number of hydrogen-bond acceptors (Lipinski definition) is 5. The Balaban J connectivity index is 1.76. The zero-order chi connectivity index (χ0) is 15.9. The number of aromatic nitrogens is 2. The molecule has 0 unspecified atom stereocenters. The van der Waals surface area contributed by atoms with E-state index in [4.69, 9.17) is 4.74 Å². The first-order chi connectivity index (χ1) is 10.3. The number of H-pyrrole nitrogens is 1. The summed E-state index contributed by atoms with van der Waals surface area (Å²) in [7, 11) is 0. The first kappa shape index (κ1) is 14.1. The van der Waals surface area contributed by atoms with Crippen molar-refractivity contribution in [3.8, 4) is 0 Å². The van der Waals surface area contributed by atoms with Gasteiger partial charge in [0.15, 0.2) is 12.4 Å². The lowest BCUT2D eigenvalue weighted by Gasteiger charge is -2.43. The van der Waals surface area contributed by atoms with E-state index in [0.717, 1.165) is 11.0 Å². The van der Waals surface area contributed by atoms with Crippen molar-refractivity contribution in [3.63, 3.8) is 0 Å². The monoisotopic (exact) mass is 312 g/mol. The van der Waals surface area contributed by atoms with Gasteiger partial charge in [-0.25, -0.2) is 9.18 Å². The average Bonchev–Trinajstić information content (AvgIpc) is 2.79. The van der Waals surface area contributed by atoms with E-state index in [9.17, 15) is 24.2 Å². The highest BCUT2D eigenvalue weighted by Crippen LogP contribution is 2.61. The van der Waals surface area contributed by atoms with Gasteiger partial charge in [-0.2, -0.15) is 0 Å². The van der Waals surface area contributed by atoms with Gasteiger partial charge in [-0.1, -0.05) is 0 Å². The van der Waals surface area contributed by atoms with Crippen LogP contribution in [0.3, 0.4) is 0 Å². The lowest BCUT2D eigenvalue weighted by atomic mass is 9.71. The number of ether oxygens (including phenoxy) is 1.